The summed E-state index contributed by atoms with van der Waals surface area (Å²) in [6.45, 7) is 5.90. The number of nitrogens with one attached hydrogen (secondary N) is 1. The fourth-order valence-corrected chi connectivity index (χ4v) is 1.62. The Morgan fingerprint density at radius 1 is 1.32 bits per heavy atom. The van der Waals surface area contributed by atoms with E-state index in [1.165, 1.54) is 12.1 Å². The van der Waals surface area contributed by atoms with E-state index in [1.807, 2.05) is 11.9 Å². The Bertz CT molecular complexity index is 390. The summed E-state index contributed by atoms with van der Waals surface area (Å²) in [5, 5.41) is 3.30. The molecule has 5 heteroatoms. The minimum atomic E-state index is -0.205. The van der Waals surface area contributed by atoms with Gasteiger partial charge in [0.25, 0.3) is 0 Å². The maximum atomic E-state index is 12.8. The molecule has 0 amide bonds. The van der Waals surface area contributed by atoms with Crippen LogP contribution in [0.3, 0.4) is 0 Å². The van der Waals surface area contributed by atoms with Gasteiger partial charge in [-0.2, -0.15) is 0 Å². The van der Waals surface area contributed by atoms with Gasteiger partial charge in [-0.3, -0.25) is 4.99 Å². The van der Waals surface area contributed by atoms with Crippen molar-refractivity contribution in [3.63, 3.8) is 0 Å². The zero-order valence-corrected chi connectivity index (χ0v) is 14.3. The van der Waals surface area contributed by atoms with Crippen LogP contribution in [0, 0.1) is 11.7 Å². The molecule has 1 aromatic rings. The predicted molar refractivity (Wildman–Crippen MR) is 89.5 cm³/mol. The summed E-state index contributed by atoms with van der Waals surface area (Å²) in [4.78, 5) is 6.25. The predicted octanol–water partition coefficient (Wildman–Crippen LogP) is 3.11. The molecule has 0 aliphatic heterocycles. The van der Waals surface area contributed by atoms with Gasteiger partial charge in [0, 0.05) is 27.2 Å². The number of halogens is 2. The Hall–Kier alpha value is -0.850. The quantitative estimate of drug-likeness (QED) is 0.495. The van der Waals surface area contributed by atoms with E-state index in [4.69, 9.17) is 0 Å². The molecule has 0 saturated carbocycles. The van der Waals surface area contributed by atoms with Crippen LogP contribution in [-0.4, -0.2) is 31.5 Å². The molecule has 0 saturated heterocycles. The van der Waals surface area contributed by atoms with Gasteiger partial charge >= 0.3 is 0 Å². The van der Waals surface area contributed by atoms with Crippen molar-refractivity contribution in [2.75, 3.05) is 20.6 Å². The van der Waals surface area contributed by atoms with Crippen molar-refractivity contribution in [3.8, 4) is 0 Å². The first-order valence-electron chi connectivity index (χ1n) is 6.19. The minimum absolute atomic E-state index is 0. The molecule has 0 radical (unpaired) electrons. The van der Waals surface area contributed by atoms with Crippen molar-refractivity contribution >= 4 is 29.9 Å². The molecule has 0 unspecified atom stereocenters. The number of nitrogens with zero attached hydrogens (tertiary/aromatic N) is 2. The zero-order valence-electron chi connectivity index (χ0n) is 12.0. The molecule has 0 aromatic heterocycles. The van der Waals surface area contributed by atoms with Gasteiger partial charge in [-0.25, -0.2) is 4.39 Å². The number of rotatable bonds is 4. The van der Waals surface area contributed by atoms with E-state index in [9.17, 15) is 4.39 Å². The minimum Gasteiger partial charge on any atom is -0.356 e. The summed E-state index contributed by atoms with van der Waals surface area (Å²) in [6, 6.07) is 6.55. The first-order chi connectivity index (χ1) is 8.52. The maximum absolute atomic E-state index is 12.8. The van der Waals surface area contributed by atoms with E-state index in [1.54, 1.807) is 19.2 Å². The summed E-state index contributed by atoms with van der Waals surface area (Å²) >= 11 is 0. The van der Waals surface area contributed by atoms with Crippen LogP contribution in [0.15, 0.2) is 29.3 Å². The molecule has 1 rings (SSSR count). The normalized spacial score (nSPS) is 11.2. The number of guanidine groups is 1. The van der Waals surface area contributed by atoms with E-state index in [2.05, 4.69) is 24.2 Å². The summed E-state index contributed by atoms with van der Waals surface area (Å²) in [5.41, 5.74) is 1.06. The van der Waals surface area contributed by atoms with Crippen LogP contribution >= 0.6 is 24.0 Å². The highest BCUT2D eigenvalue weighted by Gasteiger charge is 2.06. The van der Waals surface area contributed by atoms with E-state index < -0.39 is 0 Å². The smallest absolute Gasteiger partial charge is 0.193 e. The largest absolute Gasteiger partial charge is 0.356 e. The van der Waals surface area contributed by atoms with Gasteiger partial charge in [-0.1, -0.05) is 26.0 Å². The van der Waals surface area contributed by atoms with Gasteiger partial charge in [-0.05, 0) is 23.6 Å². The lowest BCUT2D eigenvalue weighted by Gasteiger charge is -2.23. The van der Waals surface area contributed by atoms with Gasteiger partial charge in [0.1, 0.15) is 5.82 Å². The van der Waals surface area contributed by atoms with Crippen molar-refractivity contribution in [2.45, 2.75) is 20.4 Å². The van der Waals surface area contributed by atoms with Crippen LogP contribution in [0.4, 0.5) is 4.39 Å². The highest BCUT2D eigenvalue weighted by atomic mass is 127. The molecule has 3 nitrogen and oxygen atoms in total. The third kappa shape index (κ3) is 6.75. The number of hydrogen-bond donors (Lipinski definition) is 1. The van der Waals surface area contributed by atoms with Gasteiger partial charge in [0.05, 0.1) is 0 Å². The first-order valence-corrected chi connectivity index (χ1v) is 6.19. The summed E-state index contributed by atoms with van der Waals surface area (Å²) in [6.07, 6.45) is 0. The fourth-order valence-electron chi connectivity index (χ4n) is 1.62. The van der Waals surface area contributed by atoms with Crippen LogP contribution in [0.5, 0.6) is 0 Å². The van der Waals surface area contributed by atoms with Gasteiger partial charge in [-0.15, -0.1) is 24.0 Å². The van der Waals surface area contributed by atoms with Gasteiger partial charge in [0.15, 0.2) is 5.96 Å². The zero-order chi connectivity index (χ0) is 13.5. The third-order valence-corrected chi connectivity index (χ3v) is 2.57. The summed E-state index contributed by atoms with van der Waals surface area (Å²) < 4.78 is 12.8. The fraction of sp³-hybridized carbons (Fsp3) is 0.500. The summed E-state index contributed by atoms with van der Waals surface area (Å²) in [7, 11) is 3.74. The molecular formula is C14H23FIN3. The topological polar surface area (TPSA) is 27.6 Å². The molecule has 0 fully saturated rings. The number of benzene rings is 1. The molecule has 0 aliphatic rings. The highest BCUT2D eigenvalue weighted by Crippen LogP contribution is 2.05. The lowest BCUT2D eigenvalue weighted by molar-refractivity contribution is 0.467. The Morgan fingerprint density at radius 3 is 2.37 bits per heavy atom. The van der Waals surface area contributed by atoms with Crippen molar-refractivity contribution in [2.24, 2.45) is 10.9 Å². The molecule has 1 aromatic carbocycles. The molecule has 1 N–H and O–H groups in total. The van der Waals surface area contributed by atoms with E-state index in [-0.39, 0.29) is 29.8 Å². The van der Waals surface area contributed by atoms with Crippen LogP contribution in [0.2, 0.25) is 0 Å². The van der Waals surface area contributed by atoms with Crippen LogP contribution in [-0.2, 0) is 6.54 Å². The van der Waals surface area contributed by atoms with E-state index in [0.717, 1.165) is 18.1 Å². The van der Waals surface area contributed by atoms with Crippen molar-refractivity contribution in [1.29, 1.82) is 0 Å². The third-order valence-electron chi connectivity index (χ3n) is 2.57. The molecule has 0 atom stereocenters. The Kier molecular flexibility index (Phi) is 8.71. The molecule has 0 heterocycles. The van der Waals surface area contributed by atoms with Crippen LogP contribution in [0.25, 0.3) is 0 Å². The Balaban J connectivity index is 0.00000324. The standard InChI is InChI=1S/C14H22FN3.HI/c1-11(2)9-17-14(16-3)18(4)10-12-5-7-13(15)8-6-12;/h5-8,11H,9-10H2,1-4H3,(H,16,17);1H. The van der Waals surface area contributed by atoms with E-state index in [0.29, 0.717) is 12.5 Å². The molecule has 0 aliphatic carbocycles. The van der Waals surface area contributed by atoms with E-state index >= 15 is 0 Å². The Morgan fingerprint density at radius 2 is 1.89 bits per heavy atom. The van der Waals surface area contributed by atoms with Crippen molar-refractivity contribution in [3.05, 3.63) is 35.6 Å². The molecule has 19 heavy (non-hydrogen) atoms. The molecule has 0 spiro atoms. The van der Waals surface area contributed by atoms with Crippen LogP contribution < -0.4 is 5.32 Å². The van der Waals surface area contributed by atoms with Crippen molar-refractivity contribution in [1.82, 2.24) is 10.2 Å². The summed E-state index contributed by atoms with van der Waals surface area (Å²) in [5.74, 6) is 1.22. The molecule has 0 bridgehead atoms. The monoisotopic (exact) mass is 379 g/mol. The average molecular weight is 379 g/mol. The lowest BCUT2D eigenvalue weighted by Crippen LogP contribution is -2.40. The Labute approximate surface area is 132 Å². The van der Waals surface area contributed by atoms with Crippen molar-refractivity contribution < 1.29 is 4.39 Å². The molecule has 108 valence electrons. The number of hydrogen-bond acceptors (Lipinski definition) is 1. The van der Waals surface area contributed by atoms with Crippen LogP contribution in [0.1, 0.15) is 19.4 Å². The SMILES string of the molecule is CN=C(NCC(C)C)N(C)Cc1ccc(F)cc1.I. The number of aliphatic imine (C=N–C) groups is 1. The highest BCUT2D eigenvalue weighted by molar-refractivity contribution is 14.0. The average Bonchev–Trinajstić information content (AvgIpc) is 2.32. The molecular weight excluding hydrogens is 356 g/mol. The first kappa shape index (κ1) is 18.1. The maximum Gasteiger partial charge on any atom is 0.193 e. The van der Waals surface area contributed by atoms with Gasteiger partial charge in [0.2, 0.25) is 0 Å². The second kappa shape index (κ2) is 9.12. The second-order valence-corrected chi connectivity index (χ2v) is 4.80. The lowest BCUT2D eigenvalue weighted by atomic mass is 10.2. The second-order valence-electron chi connectivity index (χ2n) is 4.80. The van der Waals surface area contributed by atoms with Gasteiger partial charge < -0.3 is 10.2 Å².